The second-order valence-corrected chi connectivity index (χ2v) is 11.2. The summed E-state index contributed by atoms with van der Waals surface area (Å²) in [6.07, 6.45) is -7.61. The summed E-state index contributed by atoms with van der Waals surface area (Å²) in [4.78, 5) is 13.5. The number of benzene rings is 4. The van der Waals surface area contributed by atoms with Gasteiger partial charge in [0.25, 0.3) is 5.92 Å². The number of halogens is 8. The molecule has 1 aliphatic carbocycles. The fraction of sp³-hybridized carbons (Fsp3) is 0.229. The first-order chi connectivity index (χ1) is 22.2. The van der Waals surface area contributed by atoms with Crippen LogP contribution in [0.15, 0.2) is 97.1 Å². The highest BCUT2D eigenvalue weighted by atomic mass is 19.3. The van der Waals surface area contributed by atoms with Gasteiger partial charge >= 0.3 is 18.6 Å². The minimum atomic E-state index is -4.99. The number of amides is 2. The Balaban J connectivity index is 1.67. The van der Waals surface area contributed by atoms with Crippen molar-refractivity contribution in [1.29, 1.82) is 0 Å². The third kappa shape index (κ3) is 8.11. The molecule has 4 nitrogen and oxygen atoms in total. The molecule has 0 bridgehead atoms. The van der Waals surface area contributed by atoms with E-state index in [1.165, 1.54) is 18.2 Å². The van der Waals surface area contributed by atoms with Crippen LogP contribution in [0.3, 0.4) is 0 Å². The highest BCUT2D eigenvalue weighted by Crippen LogP contribution is 2.40. The normalized spacial score (nSPS) is 16.0. The lowest BCUT2D eigenvalue weighted by Gasteiger charge is -2.39. The minimum absolute atomic E-state index is 0.0294. The molecule has 0 heterocycles. The van der Waals surface area contributed by atoms with Gasteiger partial charge in [-0.3, -0.25) is 0 Å². The van der Waals surface area contributed by atoms with E-state index in [1.807, 2.05) is 0 Å². The van der Waals surface area contributed by atoms with Crippen LogP contribution in [0.2, 0.25) is 0 Å². The van der Waals surface area contributed by atoms with Crippen LogP contribution in [0.4, 0.5) is 39.9 Å². The van der Waals surface area contributed by atoms with Crippen molar-refractivity contribution in [3.05, 3.63) is 137 Å². The topological polar surface area (TPSA) is 50.4 Å². The van der Waals surface area contributed by atoms with E-state index in [1.54, 1.807) is 66.7 Å². The molecule has 0 aliphatic heterocycles. The highest BCUT2D eigenvalue weighted by Gasteiger charge is 2.47. The Bertz CT molecular complexity index is 1730. The standard InChI is InChI=1S/C35H28F8N2O2/c36-27-16-26(17-29(18-27)47-35(42,43)31(38)39)34(19-23-9-5-2-6-10-23,45-32(46)44-28-20-33(40,41)21-28)25-13-14-30(37)24(15-25)12-11-22-7-3-1-4-8-22/h1-18,28,31H,19-21H2,(H2,44,45,46). The molecule has 2 amide bonds. The molecule has 1 unspecified atom stereocenters. The number of hydrogen-bond acceptors (Lipinski definition) is 2. The molecule has 0 spiro atoms. The minimum Gasteiger partial charge on any atom is -0.428 e. The van der Waals surface area contributed by atoms with Crippen LogP contribution in [0.25, 0.3) is 12.2 Å². The molecule has 47 heavy (non-hydrogen) atoms. The van der Waals surface area contributed by atoms with E-state index < -0.39 is 66.3 Å². The molecule has 4 aromatic rings. The second-order valence-electron chi connectivity index (χ2n) is 11.2. The lowest BCUT2D eigenvalue weighted by atomic mass is 9.77. The van der Waals surface area contributed by atoms with Gasteiger partial charge < -0.3 is 15.4 Å². The van der Waals surface area contributed by atoms with Crippen LogP contribution in [0.1, 0.15) is 40.7 Å². The van der Waals surface area contributed by atoms with Crippen LogP contribution in [0, 0.1) is 11.6 Å². The van der Waals surface area contributed by atoms with E-state index in [0.717, 1.165) is 23.8 Å². The average molecular weight is 661 g/mol. The lowest BCUT2D eigenvalue weighted by molar-refractivity contribution is -0.253. The van der Waals surface area contributed by atoms with Crippen LogP contribution >= 0.6 is 0 Å². The Labute approximate surface area is 265 Å². The van der Waals surface area contributed by atoms with Gasteiger partial charge in [-0.25, -0.2) is 22.4 Å². The van der Waals surface area contributed by atoms with Crippen LogP contribution in [-0.4, -0.2) is 30.5 Å². The predicted octanol–water partition coefficient (Wildman–Crippen LogP) is 8.96. The summed E-state index contributed by atoms with van der Waals surface area (Å²) in [6.45, 7) is 0. The van der Waals surface area contributed by atoms with Crippen molar-refractivity contribution in [2.24, 2.45) is 0 Å². The van der Waals surface area contributed by atoms with Crippen molar-refractivity contribution in [2.75, 3.05) is 0 Å². The Morgan fingerprint density at radius 2 is 1.53 bits per heavy atom. The zero-order valence-corrected chi connectivity index (χ0v) is 24.5. The number of hydrogen-bond donors (Lipinski definition) is 2. The molecule has 0 aromatic heterocycles. The summed E-state index contributed by atoms with van der Waals surface area (Å²) in [6, 6.07) is 21.3. The van der Waals surface area contributed by atoms with Gasteiger partial charge in [0.1, 0.15) is 17.4 Å². The molecule has 0 saturated heterocycles. The Morgan fingerprint density at radius 1 is 0.872 bits per heavy atom. The van der Waals surface area contributed by atoms with E-state index in [9.17, 15) is 31.1 Å². The summed E-state index contributed by atoms with van der Waals surface area (Å²) < 4.78 is 116. The summed E-state index contributed by atoms with van der Waals surface area (Å²) >= 11 is 0. The molecule has 2 N–H and O–H groups in total. The number of carbonyl (C=O) groups is 1. The number of carbonyl (C=O) groups excluding carboxylic acids is 1. The smallest absolute Gasteiger partial charge is 0.428 e. The van der Waals surface area contributed by atoms with Gasteiger partial charge in [-0.05, 0) is 46.5 Å². The average Bonchev–Trinajstić information content (AvgIpc) is 3.00. The van der Waals surface area contributed by atoms with Gasteiger partial charge in [0, 0.05) is 36.9 Å². The third-order valence-corrected chi connectivity index (χ3v) is 7.68. The molecule has 1 atom stereocenters. The Hall–Kier alpha value is -4.87. The SMILES string of the molecule is O=C(NC1CC(F)(F)C1)NC(Cc1ccccc1)(c1cc(F)cc(OC(F)(F)C(F)F)c1)c1ccc(F)c(C=Cc2ccccc2)c1. The first kappa shape index (κ1) is 33.5. The monoisotopic (exact) mass is 660 g/mol. The molecule has 1 saturated carbocycles. The quantitative estimate of drug-likeness (QED) is 0.125. The van der Waals surface area contributed by atoms with Gasteiger partial charge in [0.2, 0.25) is 0 Å². The lowest BCUT2D eigenvalue weighted by Crippen LogP contribution is -2.58. The van der Waals surface area contributed by atoms with Crippen LogP contribution in [-0.2, 0) is 12.0 Å². The summed E-state index contributed by atoms with van der Waals surface area (Å²) in [5, 5.41) is 5.14. The van der Waals surface area contributed by atoms with Crippen molar-refractivity contribution in [3.8, 4) is 5.75 Å². The maximum Gasteiger partial charge on any atom is 0.461 e. The van der Waals surface area contributed by atoms with E-state index in [0.29, 0.717) is 11.6 Å². The van der Waals surface area contributed by atoms with E-state index >= 15 is 8.78 Å². The molecule has 0 radical (unpaired) electrons. The molecule has 5 rings (SSSR count). The number of ether oxygens (including phenoxy) is 1. The zero-order chi connectivity index (χ0) is 33.8. The van der Waals surface area contributed by atoms with Crippen molar-refractivity contribution in [2.45, 2.75) is 49.3 Å². The first-order valence-corrected chi connectivity index (χ1v) is 14.4. The largest absolute Gasteiger partial charge is 0.461 e. The van der Waals surface area contributed by atoms with Gasteiger partial charge in [0.15, 0.2) is 0 Å². The fourth-order valence-corrected chi connectivity index (χ4v) is 5.40. The van der Waals surface area contributed by atoms with Crippen molar-refractivity contribution < 1.29 is 44.7 Å². The first-order valence-electron chi connectivity index (χ1n) is 14.4. The molecule has 1 fully saturated rings. The molecule has 12 heteroatoms. The Morgan fingerprint density at radius 3 is 2.17 bits per heavy atom. The zero-order valence-electron chi connectivity index (χ0n) is 24.5. The number of rotatable bonds is 11. The Kier molecular flexibility index (Phi) is 9.60. The van der Waals surface area contributed by atoms with E-state index in [-0.39, 0.29) is 23.1 Å². The molecular formula is C35H28F8N2O2. The predicted molar refractivity (Wildman–Crippen MR) is 160 cm³/mol. The van der Waals surface area contributed by atoms with Crippen LogP contribution in [0.5, 0.6) is 5.75 Å². The second kappa shape index (κ2) is 13.5. The van der Waals surface area contributed by atoms with E-state index in [4.69, 9.17) is 0 Å². The van der Waals surface area contributed by atoms with E-state index in [2.05, 4.69) is 15.4 Å². The maximum atomic E-state index is 15.2. The van der Waals surface area contributed by atoms with Crippen molar-refractivity contribution in [1.82, 2.24) is 10.6 Å². The van der Waals surface area contributed by atoms with Crippen LogP contribution < -0.4 is 15.4 Å². The third-order valence-electron chi connectivity index (χ3n) is 7.68. The molecular weight excluding hydrogens is 632 g/mol. The highest BCUT2D eigenvalue weighted by molar-refractivity contribution is 5.77. The van der Waals surface area contributed by atoms with Gasteiger partial charge in [-0.2, -0.15) is 17.6 Å². The van der Waals surface area contributed by atoms with Gasteiger partial charge in [-0.1, -0.05) is 78.9 Å². The number of alkyl halides is 6. The number of nitrogens with one attached hydrogen (secondary N) is 2. The maximum absolute atomic E-state index is 15.2. The molecule has 1 aliphatic rings. The van der Waals surface area contributed by atoms with Gasteiger partial charge in [-0.15, -0.1) is 0 Å². The summed E-state index contributed by atoms with van der Waals surface area (Å²) in [5.74, 6) is -5.79. The summed E-state index contributed by atoms with van der Waals surface area (Å²) in [5.41, 5.74) is -0.738. The van der Waals surface area contributed by atoms with Crippen molar-refractivity contribution >= 4 is 18.2 Å². The fourth-order valence-electron chi connectivity index (χ4n) is 5.40. The number of urea groups is 1. The molecule has 246 valence electrons. The summed E-state index contributed by atoms with van der Waals surface area (Å²) in [7, 11) is 0. The molecule has 4 aromatic carbocycles. The van der Waals surface area contributed by atoms with Gasteiger partial charge in [0.05, 0.1) is 5.54 Å². The van der Waals surface area contributed by atoms with Crippen molar-refractivity contribution in [3.63, 3.8) is 0 Å².